The Kier molecular flexibility index (Phi) is 8.63. The number of pyridine rings is 1. The molecule has 0 unspecified atom stereocenters. The molecule has 0 aliphatic carbocycles. The molecule has 0 radical (unpaired) electrons. The van der Waals surface area contributed by atoms with Crippen LogP contribution in [0.25, 0.3) is 11.5 Å². The molecule has 0 fully saturated rings. The molecule has 0 aliphatic heterocycles. The number of rotatable bonds is 12. The van der Waals surface area contributed by atoms with Gasteiger partial charge in [-0.25, -0.2) is 0 Å². The molecule has 3 aromatic rings. The van der Waals surface area contributed by atoms with Gasteiger partial charge in [0.1, 0.15) is 11.4 Å². The number of carboxylic acids is 1. The van der Waals surface area contributed by atoms with E-state index in [1.807, 2.05) is 44.2 Å². The predicted octanol–water partition coefficient (Wildman–Crippen LogP) is 5.42. The molecule has 0 spiro atoms. The molecule has 7 nitrogen and oxygen atoms in total. The first-order valence-electron chi connectivity index (χ1n) is 11.2. The molecule has 2 aromatic heterocycles. The molecule has 0 aliphatic rings. The van der Waals surface area contributed by atoms with Crippen molar-refractivity contribution in [1.29, 1.82) is 0 Å². The van der Waals surface area contributed by atoms with Crippen molar-refractivity contribution in [1.82, 2.24) is 9.88 Å². The smallest absolute Gasteiger partial charge is 0.303 e. The van der Waals surface area contributed by atoms with Gasteiger partial charge in [0.15, 0.2) is 5.76 Å². The fourth-order valence-electron chi connectivity index (χ4n) is 3.44. The summed E-state index contributed by atoms with van der Waals surface area (Å²) >= 11 is 0. The number of carboxylic acid groups (broad SMARTS) is 1. The number of hydrogen-bond acceptors (Lipinski definition) is 5. The number of benzene rings is 1. The molecular formula is C26H30N2O5. The minimum absolute atomic E-state index is 0.0219. The lowest BCUT2D eigenvalue weighted by Crippen LogP contribution is -2.36. The minimum Gasteiger partial charge on any atom is -0.493 e. The molecule has 1 N–H and O–H groups in total. The van der Waals surface area contributed by atoms with Gasteiger partial charge in [-0.3, -0.25) is 14.6 Å². The molecule has 33 heavy (non-hydrogen) atoms. The van der Waals surface area contributed by atoms with E-state index in [4.69, 9.17) is 14.3 Å². The number of aromatic nitrogens is 1. The van der Waals surface area contributed by atoms with Gasteiger partial charge >= 0.3 is 5.97 Å². The van der Waals surface area contributed by atoms with Crippen LogP contribution in [0.2, 0.25) is 0 Å². The maximum absolute atomic E-state index is 13.3. The molecule has 1 aromatic carbocycles. The fourth-order valence-corrected chi connectivity index (χ4v) is 3.44. The van der Waals surface area contributed by atoms with E-state index in [2.05, 4.69) is 4.98 Å². The number of unbranched alkanes of at least 4 members (excludes halogenated alkanes) is 2. The normalized spacial score (nSPS) is 10.9. The lowest BCUT2D eigenvalue weighted by atomic mass is 10.1. The monoisotopic (exact) mass is 450 g/mol. The van der Waals surface area contributed by atoms with Gasteiger partial charge in [0.2, 0.25) is 0 Å². The van der Waals surface area contributed by atoms with Crippen LogP contribution in [-0.4, -0.2) is 39.5 Å². The second-order valence-corrected chi connectivity index (χ2v) is 8.10. The van der Waals surface area contributed by atoms with Crippen molar-refractivity contribution in [2.75, 3.05) is 6.61 Å². The van der Waals surface area contributed by atoms with Crippen LogP contribution in [0.15, 0.2) is 65.4 Å². The van der Waals surface area contributed by atoms with Crippen molar-refractivity contribution in [3.63, 3.8) is 0 Å². The Balaban J connectivity index is 1.64. The molecule has 7 heteroatoms. The van der Waals surface area contributed by atoms with Gasteiger partial charge in [-0.15, -0.1) is 0 Å². The first-order valence-corrected chi connectivity index (χ1v) is 11.2. The molecule has 1 amide bonds. The van der Waals surface area contributed by atoms with Crippen molar-refractivity contribution < 1.29 is 23.8 Å². The van der Waals surface area contributed by atoms with Crippen LogP contribution < -0.4 is 4.74 Å². The van der Waals surface area contributed by atoms with E-state index in [0.717, 1.165) is 24.2 Å². The minimum atomic E-state index is -0.773. The highest BCUT2D eigenvalue weighted by molar-refractivity contribution is 5.94. The molecule has 2 heterocycles. The highest BCUT2D eigenvalue weighted by Gasteiger charge is 2.21. The third-order valence-electron chi connectivity index (χ3n) is 5.27. The van der Waals surface area contributed by atoms with E-state index < -0.39 is 5.97 Å². The lowest BCUT2D eigenvalue weighted by molar-refractivity contribution is -0.137. The van der Waals surface area contributed by atoms with Gasteiger partial charge < -0.3 is 19.2 Å². The second-order valence-electron chi connectivity index (χ2n) is 8.10. The van der Waals surface area contributed by atoms with Crippen molar-refractivity contribution in [3.05, 3.63) is 72.1 Å². The summed E-state index contributed by atoms with van der Waals surface area (Å²) in [5, 5.41) is 8.73. The van der Waals surface area contributed by atoms with Gasteiger partial charge in [-0.2, -0.15) is 0 Å². The summed E-state index contributed by atoms with van der Waals surface area (Å²) in [7, 11) is 0. The summed E-state index contributed by atoms with van der Waals surface area (Å²) in [5.74, 6) is 0.515. The summed E-state index contributed by atoms with van der Waals surface area (Å²) in [5.41, 5.74) is 2.11. The van der Waals surface area contributed by atoms with E-state index >= 15 is 0 Å². The summed E-state index contributed by atoms with van der Waals surface area (Å²) in [6.45, 7) is 4.87. The Morgan fingerprint density at radius 3 is 2.55 bits per heavy atom. The Bertz CT molecular complexity index is 1030. The van der Waals surface area contributed by atoms with E-state index in [1.165, 1.54) is 0 Å². The van der Waals surface area contributed by atoms with Gasteiger partial charge in [-0.05, 0) is 63.4 Å². The highest BCUT2D eigenvalue weighted by Crippen LogP contribution is 2.23. The van der Waals surface area contributed by atoms with E-state index in [-0.39, 0.29) is 18.4 Å². The molecule has 0 saturated carbocycles. The number of ether oxygens (including phenoxy) is 1. The number of furan rings is 1. The van der Waals surface area contributed by atoms with Crippen molar-refractivity contribution >= 4 is 11.9 Å². The topological polar surface area (TPSA) is 92.9 Å². The van der Waals surface area contributed by atoms with Gasteiger partial charge in [0.25, 0.3) is 5.91 Å². The summed E-state index contributed by atoms with van der Waals surface area (Å²) in [4.78, 5) is 30.0. The number of carbonyl (C=O) groups excluding carboxylic acids is 1. The van der Waals surface area contributed by atoms with Crippen molar-refractivity contribution in [2.45, 2.75) is 52.1 Å². The average molecular weight is 451 g/mol. The van der Waals surface area contributed by atoms with Gasteiger partial charge in [0.05, 0.1) is 18.4 Å². The zero-order chi connectivity index (χ0) is 23.6. The van der Waals surface area contributed by atoms with Crippen LogP contribution in [-0.2, 0) is 11.3 Å². The van der Waals surface area contributed by atoms with Crippen LogP contribution >= 0.6 is 0 Å². The first-order chi connectivity index (χ1) is 16.0. The second kappa shape index (κ2) is 11.9. The SMILES string of the molecule is CC(C)N(Cc1ccccc1OCCCCCC(=O)O)C(=O)c1ccc(-c2ccco2)nc1. The quantitative estimate of drug-likeness (QED) is 0.371. The molecule has 3 rings (SSSR count). The van der Waals surface area contributed by atoms with Crippen LogP contribution in [0.4, 0.5) is 0 Å². The largest absolute Gasteiger partial charge is 0.493 e. The summed E-state index contributed by atoms with van der Waals surface area (Å²) in [6, 6.07) is 14.8. The zero-order valence-electron chi connectivity index (χ0n) is 19.1. The Labute approximate surface area is 194 Å². The highest BCUT2D eigenvalue weighted by atomic mass is 16.5. The van der Waals surface area contributed by atoms with Gasteiger partial charge in [-0.1, -0.05) is 18.2 Å². The maximum Gasteiger partial charge on any atom is 0.303 e. The third kappa shape index (κ3) is 6.94. The van der Waals surface area contributed by atoms with E-state index in [9.17, 15) is 9.59 Å². The van der Waals surface area contributed by atoms with Crippen LogP contribution in [0.5, 0.6) is 5.75 Å². The number of nitrogens with zero attached hydrogens (tertiary/aromatic N) is 2. The summed E-state index contributed by atoms with van der Waals surface area (Å²) in [6.07, 6.45) is 5.57. The lowest BCUT2D eigenvalue weighted by Gasteiger charge is -2.28. The molecule has 0 atom stereocenters. The standard InChI is InChI=1S/C26H30N2O5/c1-19(2)28(26(31)20-13-14-22(27-17-20)24-11-8-16-33-24)18-21-9-5-6-10-23(21)32-15-7-3-4-12-25(29)30/h5-6,8-11,13-14,16-17,19H,3-4,7,12,15,18H2,1-2H3,(H,29,30). The fraction of sp³-hybridized carbons (Fsp3) is 0.346. The predicted molar refractivity (Wildman–Crippen MR) is 125 cm³/mol. The number of carbonyl (C=O) groups is 2. The maximum atomic E-state index is 13.3. The van der Waals surface area contributed by atoms with E-state index in [0.29, 0.717) is 36.6 Å². The third-order valence-corrected chi connectivity index (χ3v) is 5.27. The number of hydrogen-bond donors (Lipinski definition) is 1. The van der Waals surface area contributed by atoms with Crippen LogP contribution in [0.1, 0.15) is 55.5 Å². The number of aliphatic carboxylic acids is 1. The Morgan fingerprint density at radius 2 is 1.88 bits per heavy atom. The summed E-state index contributed by atoms with van der Waals surface area (Å²) < 4.78 is 11.3. The van der Waals surface area contributed by atoms with E-state index in [1.54, 1.807) is 35.6 Å². The Morgan fingerprint density at radius 1 is 1.06 bits per heavy atom. The molecule has 0 saturated heterocycles. The Hall–Kier alpha value is -3.61. The number of amides is 1. The first kappa shape index (κ1) is 24.0. The number of para-hydroxylation sites is 1. The van der Waals surface area contributed by atoms with Crippen molar-refractivity contribution in [3.8, 4) is 17.2 Å². The molecule has 174 valence electrons. The average Bonchev–Trinajstić information content (AvgIpc) is 3.35. The molecule has 0 bridgehead atoms. The van der Waals surface area contributed by atoms with Crippen molar-refractivity contribution in [2.24, 2.45) is 0 Å². The zero-order valence-corrected chi connectivity index (χ0v) is 19.1. The van der Waals surface area contributed by atoms with Crippen LogP contribution in [0, 0.1) is 0 Å². The van der Waals surface area contributed by atoms with Gasteiger partial charge in [0, 0.05) is 30.8 Å². The molecular weight excluding hydrogens is 420 g/mol. The van der Waals surface area contributed by atoms with Crippen LogP contribution in [0.3, 0.4) is 0 Å².